The minimum Gasteiger partial charge on any atom is -0.395 e. The topological polar surface area (TPSA) is 52.5 Å². The van der Waals surface area contributed by atoms with Gasteiger partial charge in [0.2, 0.25) is 0 Å². The second-order valence-corrected chi connectivity index (χ2v) is 8.91. The Morgan fingerprint density at radius 1 is 0.793 bits per heavy atom. The van der Waals surface area contributed by atoms with Gasteiger partial charge in [0.15, 0.2) is 0 Å². The molecule has 0 saturated heterocycles. The van der Waals surface area contributed by atoms with Gasteiger partial charge in [0, 0.05) is 6.04 Å². The van der Waals surface area contributed by atoms with E-state index in [2.05, 4.69) is 31.3 Å². The van der Waals surface area contributed by atoms with Crippen molar-refractivity contribution in [3.05, 3.63) is 12.2 Å². The lowest BCUT2D eigenvalue weighted by Gasteiger charge is -2.17. The second kappa shape index (κ2) is 23.9. The number of aliphatic hydroxyl groups is 2. The lowest BCUT2D eigenvalue weighted by Crippen LogP contribution is -2.34. The van der Waals surface area contributed by atoms with E-state index in [9.17, 15) is 5.11 Å². The van der Waals surface area contributed by atoms with Crippen molar-refractivity contribution in [1.82, 2.24) is 5.32 Å². The summed E-state index contributed by atoms with van der Waals surface area (Å²) in [5, 5.41) is 21.3. The van der Waals surface area contributed by atoms with Gasteiger partial charge in [-0.3, -0.25) is 0 Å². The number of rotatable bonds is 18. The highest BCUT2D eigenvalue weighted by Gasteiger charge is 2.10. The first-order valence-electron chi connectivity index (χ1n) is 12.6. The van der Waals surface area contributed by atoms with Crippen LogP contribution in [-0.4, -0.2) is 36.0 Å². The van der Waals surface area contributed by atoms with Gasteiger partial charge in [-0.2, -0.15) is 0 Å². The van der Waals surface area contributed by atoms with Gasteiger partial charge >= 0.3 is 0 Å². The molecule has 0 radical (unpaired) electrons. The normalized spacial score (nSPS) is 14.7. The van der Waals surface area contributed by atoms with Crippen molar-refractivity contribution in [3.8, 4) is 0 Å². The summed E-state index contributed by atoms with van der Waals surface area (Å²) < 4.78 is 0. The Morgan fingerprint density at radius 3 is 1.62 bits per heavy atom. The van der Waals surface area contributed by atoms with Crippen LogP contribution in [0.4, 0.5) is 0 Å². The molecule has 0 bridgehead atoms. The molecule has 0 amide bonds. The molecule has 0 aliphatic rings. The first-order chi connectivity index (χ1) is 13.9. The van der Waals surface area contributed by atoms with Crippen molar-refractivity contribution >= 4 is 0 Å². The Balaban J connectivity index is 0. The van der Waals surface area contributed by atoms with Gasteiger partial charge in [-0.1, -0.05) is 111 Å². The molecular weight excluding hydrogens is 358 g/mol. The van der Waals surface area contributed by atoms with Crippen molar-refractivity contribution in [2.75, 3.05) is 13.7 Å². The summed E-state index contributed by atoms with van der Waals surface area (Å²) in [6, 6.07) is 0.188. The Kier molecular flexibility index (Phi) is 25.4. The number of hydrogen-bond donors (Lipinski definition) is 3. The molecule has 0 aliphatic carbocycles. The van der Waals surface area contributed by atoms with E-state index in [-0.39, 0.29) is 18.8 Å². The predicted molar refractivity (Wildman–Crippen MR) is 130 cm³/mol. The third-order valence-electron chi connectivity index (χ3n) is 5.80. The van der Waals surface area contributed by atoms with Crippen LogP contribution >= 0.6 is 0 Å². The van der Waals surface area contributed by atoms with E-state index in [1.165, 1.54) is 77.0 Å². The third-order valence-corrected chi connectivity index (χ3v) is 5.80. The molecule has 0 fully saturated rings. The van der Waals surface area contributed by atoms with E-state index in [4.69, 9.17) is 5.11 Å². The first kappa shape index (κ1) is 30.8. The van der Waals surface area contributed by atoms with Crippen molar-refractivity contribution < 1.29 is 10.2 Å². The van der Waals surface area contributed by atoms with Crippen LogP contribution in [0, 0.1) is 11.8 Å². The molecule has 3 atom stereocenters. The fourth-order valence-corrected chi connectivity index (χ4v) is 3.36. The molecule has 0 heterocycles. The molecule has 176 valence electrons. The molecule has 0 aromatic rings. The number of unbranched alkanes of at least 4 members (excludes halogenated alkanes) is 11. The smallest absolute Gasteiger partial charge is 0.0590 e. The van der Waals surface area contributed by atoms with Crippen molar-refractivity contribution in [3.63, 3.8) is 0 Å². The van der Waals surface area contributed by atoms with Crippen LogP contribution in [0.5, 0.6) is 0 Å². The number of aliphatic hydroxyl groups excluding tert-OH is 2. The highest BCUT2D eigenvalue weighted by Crippen LogP contribution is 2.12. The first-order valence-corrected chi connectivity index (χ1v) is 12.6. The summed E-state index contributed by atoms with van der Waals surface area (Å²) in [6.07, 6.45) is 21.9. The summed E-state index contributed by atoms with van der Waals surface area (Å²) in [7, 11) is 1.91. The van der Waals surface area contributed by atoms with Crippen LogP contribution in [0.25, 0.3) is 0 Å². The molecule has 3 unspecified atom stereocenters. The van der Waals surface area contributed by atoms with Gasteiger partial charge < -0.3 is 15.5 Å². The average Bonchev–Trinajstić information content (AvgIpc) is 2.72. The molecule has 0 aromatic carbocycles. The predicted octanol–water partition coefficient (Wildman–Crippen LogP) is 6.87. The molecule has 0 aliphatic heterocycles. The largest absolute Gasteiger partial charge is 0.395 e. The highest BCUT2D eigenvalue weighted by molar-refractivity contribution is 4.91. The maximum atomic E-state index is 9.20. The Morgan fingerprint density at radius 2 is 1.28 bits per heavy atom. The molecule has 0 rings (SSSR count). The van der Waals surface area contributed by atoms with Gasteiger partial charge in [-0.25, -0.2) is 0 Å². The SMILES string of the molecule is CCC(O)C(C)C.CCCCCCCCCCCCC/C=C\C(C)C(CO)NC. The van der Waals surface area contributed by atoms with E-state index in [1.807, 2.05) is 27.8 Å². The van der Waals surface area contributed by atoms with Crippen LogP contribution in [-0.2, 0) is 0 Å². The van der Waals surface area contributed by atoms with Crippen LogP contribution < -0.4 is 5.32 Å². The monoisotopic (exact) mass is 413 g/mol. The molecule has 3 nitrogen and oxygen atoms in total. The molecule has 3 heteroatoms. The standard InChI is InChI=1S/C20H41NO.C6H14O/c1-4-5-6-7-8-9-10-11-12-13-14-15-16-17-19(2)20(18-22)21-3;1-4-6(7)5(2)3/h16-17,19-22H,4-15,18H2,1-3H3;5-7H,4H2,1-3H3/b17-16-;. The van der Waals surface area contributed by atoms with Gasteiger partial charge in [-0.15, -0.1) is 0 Å². The van der Waals surface area contributed by atoms with E-state index in [0.29, 0.717) is 11.8 Å². The quantitative estimate of drug-likeness (QED) is 0.170. The fourth-order valence-electron chi connectivity index (χ4n) is 3.36. The molecule has 0 spiro atoms. The zero-order valence-corrected chi connectivity index (χ0v) is 20.8. The molecule has 3 N–H and O–H groups in total. The Hall–Kier alpha value is -0.380. The maximum absolute atomic E-state index is 9.20. The number of hydrogen-bond acceptors (Lipinski definition) is 3. The lowest BCUT2D eigenvalue weighted by atomic mass is 10.0. The van der Waals surface area contributed by atoms with Gasteiger partial charge in [0.05, 0.1) is 12.7 Å². The molecule has 0 saturated carbocycles. The molecular formula is C26H55NO2. The number of nitrogens with one attached hydrogen (secondary N) is 1. The van der Waals surface area contributed by atoms with E-state index in [0.717, 1.165) is 6.42 Å². The minimum absolute atomic E-state index is 0.0972. The molecule has 0 aromatic heterocycles. The maximum Gasteiger partial charge on any atom is 0.0590 e. The number of allylic oxidation sites excluding steroid dienone is 1. The van der Waals surface area contributed by atoms with E-state index < -0.39 is 0 Å². The number of likely N-dealkylation sites (N-methyl/N-ethyl adjacent to an activating group) is 1. The summed E-state index contributed by atoms with van der Waals surface area (Å²) in [4.78, 5) is 0. The lowest BCUT2D eigenvalue weighted by molar-refractivity contribution is 0.121. The zero-order valence-electron chi connectivity index (χ0n) is 20.8. The average molecular weight is 414 g/mol. The van der Waals surface area contributed by atoms with Crippen LogP contribution in [0.2, 0.25) is 0 Å². The Labute approximate surface area is 183 Å². The van der Waals surface area contributed by atoms with Crippen LogP contribution in [0.15, 0.2) is 12.2 Å². The van der Waals surface area contributed by atoms with E-state index in [1.54, 1.807) is 0 Å². The molecule has 29 heavy (non-hydrogen) atoms. The minimum atomic E-state index is -0.0972. The fraction of sp³-hybridized carbons (Fsp3) is 0.923. The Bertz CT molecular complexity index is 327. The summed E-state index contributed by atoms with van der Waals surface area (Å²) >= 11 is 0. The second-order valence-electron chi connectivity index (χ2n) is 8.91. The van der Waals surface area contributed by atoms with Crippen molar-refractivity contribution in [2.24, 2.45) is 11.8 Å². The summed E-state index contributed by atoms with van der Waals surface area (Å²) in [5.41, 5.74) is 0. The summed E-state index contributed by atoms with van der Waals surface area (Å²) in [6.45, 7) is 10.7. The van der Waals surface area contributed by atoms with Crippen molar-refractivity contribution in [1.29, 1.82) is 0 Å². The van der Waals surface area contributed by atoms with Crippen LogP contribution in [0.1, 0.15) is 118 Å². The van der Waals surface area contributed by atoms with Crippen molar-refractivity contribution in [2.45, 2.75) is 130 Å². The third kappa shape index (κ3) is 22.1. The van der Waals surface area contributed by atoms with Gasteiger partial charge in [0.1, 0.15) is 0 Å². The zero-order chi connectivity index (χ0) is 22.3. The summed E-state index contributed by atoms with van der Waals surface area (Å²) in [5.74, 6) is 0.827. The van der Waals surface area contributed by atoms with Gasteiger partial charge in [-0.05, 0) is 38.1 Å². The van der Waals surface area contributed by atoms with E-state index >= 15 is 0 Å². The van der Waals surface area contributed by atoms with Crippen LogP contribution in [0.3, 0.4) is 0 Å². The highest BCUT2D eigenvalue weighted by atomic mass is 16.3. The van der Waals surface area contributed by atoms with Gasteiger partial charge in [0.25, 0.3) is 0 Å².